The minimum atomic E-state index is -0.149. The van der Waals surface area contributed by atoms with Gasteiger partial charge in [-0.25, -0.2) is 0 Å². The maximum atomic E-state index is 12.0. The average molecular weight is 331 g/mol. The number of carbonyl (C=O) groups excluding carboxylic acids is 1. The van der Waals surface area contributed by atoms with Crippen LogP contribution in [0.2, 0.25) is 5.02 Å². The molecule has 0 atom stereocenters. The Morgan fingerprint density at radius 3 is 2.61 bits per heavy atom. The van der Waals surface area contributed by atoms with Crippen LogP contribution in [-0.2, 0) is 17.8 Å². The number of carbonyl (C=O) groups is 1. The summed E-state index contributed by atoms with van der Waals surface area (Å²) in [5, 5.41) is 12.8. The third kappa shape index (κ3) is 4.27. The van der Waals surface area contributed by atoms with Crippen molar-refractivity contribution in [3.05, 3.63) is 52.3 Å². The summed E-state index contributed by atoms with van der Waals surface area (Å²) in [6, 6.07) is 11.1. The molecule has 0 saturated heterocycles. The number of halogens is 1. The molecule has 5 nitrogen and oxygen atoms in total. The molecule has 1 amide bonds. The van der Waals surface area contributed by atoms with Gasteiger partial charge in [0.2, 0.25) is 5.91 Å². The zero-order chi connectivity index (χ0) is 17.0. The molecular formula is C17H19ClN4O. The van der Waals surface area contributed by atoms with Crippen molar-refractivity contribution >= 4 is 23.2 Å². The first-order valence-corrected chi connectivity index (χ1v) is 7.70. The van der Waals surface area contributed by atoms with E-state index in [4.69, 9.17) is 17.3 Å². The van der Waals surface area contributed by atoms with Gasteiger partial charge in [-0.1, -0.05) is 23.7 Å². The van der Waals surface area contributed by atoms with E-state index in [0.29, 0.717) is 22.8 Å². The Balaban J connectivity index is 2.31. The number of anilines is 1. The monoisotopic (exact) mass is 330 g/mol. The zero-order valence-corrected chi connectivity index (χ0v) is 13.9. The molecule has 1 aromatic carbocycles. The highest BCUT2D eigenvalue weighted by Crippen LogP contribution is 2.22. The van der Waals surface area contributed by atoms with Crippen molar-refractivity contribution in [1.29, 1.82) is 5.26 Å². The predicted molar refractivity (Wildman–Crippen MR) is 91.1 cm³/mol. The SMILES string of the molecule is CC(C)NC(=O)Cn1c(C#N)cc(N)c1Cc1ccc(Cl)cc1. The van der Waals surface area contributed by atoms with Gasteiger partial charge in [0.05, 0.1) is 5.69 Å². The maximum absolute atomic E-state index is 12.0. The lowest BCUT2D eigenvalue weighted by molar-refractivity contribution is -0.122. The summed E-state index contributed by atoms with van der Waals surface area (Å²) >= 11 is 5.90. The Morgan fingerprint density at radius 1 is 1.39 bits per heavy atom. The Kier molecular flexibility index (Phi) is 5.30. The van der Waals surface area contributed by atoms with Crippen LogP contribution in [0.25, 0.3) is 0 Å². The smallest absolute Gasteiger partial charge is 0.240 e. The second-order valence-electron chi connectivity index (χ2n) is 5.66. The molecule has 120 valence electrons. The van der Waals surface area contributed by atoms with Gasteiger partial charge in [0, 0.05) is 23.2 Å². The van der Waals surface area contributed by atoms with Crippen LogP contribution in [0.15, 0.2) is 30.3 Å². The topological polar surface area (TPSA) is 83.8 Å². The van der Waals surface area contributed by atoms with Crippen LogP contribution < -0.4 is 11.1 Å². The molecule has 0 aliphatic heterocycles. The molecule has 1 aromatic heterocycles. The van der Waals surface area contributed by atoms with Gasteiger partial charge in [-0.3, -0.25) is 4.79 Å². The van der Waals surface area contributed by atoms with E-state index in [9.17, 15) is 10.1 Å². The fraction of sp³-hybridized carbons (Fsp3) is 0.294. The van der Waals surface area contributed by atoms with Gasteiger partial charge in [-0.2, -0.15) is 5.26 Å². The van der Waals surface area contributed by atoms with Crippen LogP contribution in [0.1, 0.15) is 30.8 Å². The molecule has 0 unspecified atom stereocenters. The highest BCUT2D eigenvalue weighted by Gasteiger charge is 2.16. The summed E-state index contributed by atoms with van der Waals surface area (Å²) in [6.07, 6.45) is 0.527. The summed E-state index contributed by atoms with van der Waals surface area (Å²) < 4.78 is 1.67. The van der Waals surface area contributed by atoms with Crippen LogP contribution >= 0.6 is 11.6 Å². The molecule has 0 aliphatic carbocycles. The lowest BCUT2D eigenvalue weighted by Crippen LogP contribution is -2.33. The quantitative estimate of drug-likeness (QED) is 0.884. The number of nitrogens with zero attached hydrogens (tertiary/aromatic N) is 2. The molecule has 0 saturated carbocycles. The largest absolute Gasteiger partial charge is 0.397 e. The first-order valence-electron chi connectivity index (χ1n) is 7.32. The highest BCUT2D eigenvalue weighted by atomic mass is 35.5. The molecule has 3 N–H and O–H groups in total. The number of aromatic nitrogens is 1. The van der Waals surface area contributed by atoms with E-state index in [1.54, 1.807) is 22.8 Å². The van der Waals surface area contributed by atoms with Crippen molar-refractivity contribution in [3.8, 4) is 6.07 Å². The number of benzene rings is 1. The zero-order valence-electron chi connectivity index (χ0n) is 13.1. The normalized spacial score (nSPS) is 10.6. The second-order valence-corrected chi connectivity index (χ2v) is 6.09. The van der Waals surface area contributed by atoms with Gasteiger partial charge >= 0.3 is 0 Å². The first-order chi connectivity index (χ1) is 10.9. The lowest BCUT2D eigenvalue weighted by atomic mass is 10.1. The lowest BCUT2D eigenvalue weighted by Gasteiger charge is -2.13. The Hall–Kier alpha value is -2.45. The van der Waals surface area contributed by atoms with Crippen molar-refractivity contribution in [2.75, 3.05) is 5.73 Å². The number of nitriles is 1. The molecule has 0 radical (unpaired) electrons. The van der Waals surface area contributed by atoms with Crippen LogP contribution in [0.5, 0.6) is 0 Å². The van der Waals surface area contributed by atoms with E-state index in [1.165, 1.54) is 0 Å². The summed E-state index contributed by atoms with van der Waals surface area (Å²) in [5.74, 6) is -0.149. The maximum Gasteiger partial charge on any atom is 0.240 e. The van der Waals surface area contributed by atoms with Crippen LogP contribution in [0.4, 0.5) is 5.69 Å². The van der Waals surface area contributed by atoms with E-state index < -0.39 is 0 Å². The number of nitrogen functional groups attached to an aromatic ring is 1. The number of rotatable bonds is 5. The van der Waals surface area contributed by atoms with Crippen molar-refractivity contribution in [3.63, 3.8) is 0 Å². The molecule has 0 spiro atoms. The van der Waals surface area contributed by atoms with Gasteiger partial charge < -0.3 is 15.6 Å². The van der Waals surface area contributed by atoms with E-state index in [0.717, 1.165) is 11.3 Å². The molecule has 0 bridgehead atoms. The van der Waals surface area contributed by atoms with Crippen LogP contribution in [0.3, 0.4) is 0 Å². The number of nitrogens with one attached hydrogen (secondary N) is 1. The summed E-state index contributed by atoms with van der Waals surface area (Å²) in [5.41, 5.74) is 8.69. The van der Waals surface area contributed by atoms with E-state index in [2.05, 4.69) is 11.4 Å². The molecule has 2 rings (SSSR count). The van der Waals surface area contributed by atoms with E-state index in [1.807, 2.05) is 26.0 Å². The fourth-order valence-electron chi connectivity index (χ4n) is 2.39. The summed E-state index contributed by atoms with van der Waals surface area (Å²) in [6.45, 7) is 3.85. The average Bonchev–Trinajstić information content (AvgIpc) is 2.77. The fourth-order valence-corrected chi connectivity index (χ4v) is 2.51. The van der Waals surface area contributed by atoms with Gasteiger partial charge in [-0.05, 0) is 37.6 Å². The van der Waals surface area contributed by atoms with E-state index >= 15 is 0 Å². The Labute approximate surface area is 140 Å². The van der Waals surface area contributed by atoms with Gasteiger partial charge in [0.25, 0.3) is 0 Å². The van der Waals surface area contributed by atoms with Gasteiger partial charge in [0.1, 0.15) is 18.3 Å². The van der Waals surface area contributed by atoms with Crippen molar-refractivity contribution in [2.24, 2.45) is 0 Å². The standard InChI is InChI=1S/C17H19ClN4O/c1-11(2)21-17(23)10-22-14(9-19)8-15(20)16(22)7-12-3-5-13(18)6-4-12/h3-6,8,11H,7,10,20H2,1-2H3,(H,21,23). The number of hydrogen-bond acceptors (Lipinski definition) is 3. The summed E-state index contributed by atoms with van der Waals surface area (Å²) in [4.78, 5) is 12.0. The van der Waals surface area contributed by atoms with E-state index in [-0.39, 0.29) is 18.5 Å². The van der Waals surface area contributed by atoms with Crippen molar-refractivity contribution < 1.29 is 4.79 Å². The molecule has 6 heteroatoms. The number of nitrogens with two attached hydrogens (primary N) is 1. The third-order valence-electron chi connectivity index (χ3n) is 3.39. The van der Waals surface area contributed by atoms with Crippen LogP contribution in [-0.4, -0.2) is 16.5 Å². The molecule has 1 heterocycles. The Bertz CT molecular complexity index is 741. The predicted octanol–water partition coefficient (Wildman–Crippen LogP) is 2.71. The van der Waals surface area contributed by atoms with Crippen molar-refractivity contribution in [2.45, 2.75) is 32.9 Å². The number of hydrogen-bond donors (Lipinski definition) is 2. The highest BCUT2D eigenvalue weighted by molar-refractivity contribution is 6.30. The van der Waals surface area contributed by atoms with Gasteiger partial charge in [-0.15, -0.1) is 0 Å². The number of amides is 1. The van der Waals surface area contributed by atoms with Gasteiger partial charge in [0.15, 0.2) is 0 Å². The minimum Gasteiger partial charge on any atom is -0.397 e. The second kappa shape index (κ2) is 7.21. The molecular weight excluding hydrogens is 312 g/mol. The minimum absolute atomic E-state index is 0.0423. The molecule has 0 aliphatic rings. The third-order valence-corrected chi connectivity index (χ3v) is 3.64. The first kappa shape index (κ1) is 16.9. The molecule has 2 aromatic rings. The summed E-state index contributed by atoms with van der Waals surface area (Å²) in [7, 11) is 0. The van der Waals surface area contributed by atoms with Crippen LogP contribution in [0, 0.1) is 11.3 Å². The molecule has 0 fully saturated rings. The Morgan fingerprint density at radius 2 is 2.04 bits per heavy atom. The molecule has 23 heavy (non-hydrogen) atoms. The van der Waals surface area contributed by atoms with Crippen molar-refractivity contribution in [1.82, 2.24) is 9.88 Å².